The van der Waals surface area contributed by atoms with Gasteiger partial charge in [0.1, 0.15) is 12.1 Å². The number of anilines is 1. The summed E-state index contributed by atoms with van der Waals surface area (Å²) >= 11 is 0. The molecule has 224 valence electrons. The van der Waals surface area contributed by atoms with E-state index in [9.17, 15) is 19.6 Å². The van der Waals surface area contributed by atoms with Crippen molar-refractivity contribution < 1.29 is 19.6 Å². The average molecular weight is 589 g/mol. The Hall–Kier alpha value is -5.21. The van der Waals surface area contributed by atoms with Gasteiger partial charge in [-0.05, 0) is 67.8 Å². The number of aryl methyl sites for hydroxylation is 2. The van der Waals surface area contributed by atoms with Crippen molar-refractivity contribution in [2.45, 2.75) is 39.3 Å². The van der Waals surface area contributed by atoms with Gasteiger partial charge in [0.05, 0.1) is 5.69 Å². The van der Waals surface area contributed by atoms with Crippen molar-refractivity contribution >= 4 is 34.3 Å². The van der Waals surface area contributed by atoms with Crippen LogP contribution in [0.4, 0.5) is 5.69 Å². The first-order chi connectivity index (χ1) is 21.1. The molecule has 44 heavy (non-hydrogen) atoms. The number of hydroxylamine groups is 1. The first-order valence-electron chi connectivity index (χ1n) is 14.5. The fourth-order valence-electron chi connectivity index (χ4n) is 5.37. The molecule has 0 unspecified atom stereocenters. The molecule has 5 rings (SSSR count). The van der Waals surface area contributed by atoms with Gasteiger partial charge in [-0.3, -0.25) is 19.6 Å². The second kappa shape index (κ2) is 13.0. The second-order valence-corrected chi connectivity index (χ2v) is 11.2. The molecule has 0 bridgehead atoms. The lowest BCUT2D eigenvalue weighted by Crippen LogP contribution is -2.54. The van der Waals surface area contributed by atoms with E-state index in [1.54, 1.807) is 44.4 Å². The summed E-state index contributed by atoms with van der Waals surface area (Å²) in [7, 11) is 1.56. The Labute approximate surface area is 256 Å². The quantitative estimate of drug-likeness (QED) is 0.144. The Morgan fingerprint density at radius 3 is 2.14 bits per heavy atom. The minimum absolute atomic E-state index is 0.120. The third-order valence-corrected chi connectivity index (χ3v) is 7.89. The summed E-state index contributed by atoms with van der Waals surface area (Å²) in [5, 5.41) is 15.4. The van der Waals surface area contributed by atoms with Crippen LogP contribution in [-0.4, -0.2) is 51.9 Å². The standard InChI is InChI=1S/C36H36N4O4/c1-23-18-24(2)20-28(19-23)35(42)39(4)25(3)34(41)38-33(21-29-22-37-32-13-9-8-12-31(29)32)36(43)40(44)30-16-14-27(15-17-30)26-10-6-5-7-11-26/h5-20,22,25,33,37,44H,21H2,1-4H3,(H,38,41)/t25-,33-/m0/s1. The van der Waals surface area contributed by atoms with E-state index in [1.807, 2.05) is 86.6 Å². The zero-order valence-electron chi connectivity index (χ0n) is 25.2. The van der Waals surface area contributed by atoms with E-state index in [-0.39, 0.29) is 18.0 Å². The highest BCUT2D eigenvalue weighted by atomic mass is 16.5. The molecule has 0 fully saturated rings. The number of rotatable bonds is 9. The van der Waals surface area contributed by atoms with Crippen molar-refractivity contribution in [2.75, 3.05) is 12.1 Å². The molecule has 0 spiro atoms. The Bertz CT molecular complexity index is 1780. The topological polar surface area (TPSA) is 106 Å². The number of nitrogens with one attached hydrogen (secondary N) is 2. The number of nitrogens with zero attached hydrogens (tertiary/aromatic N) is 2. The van der Waals surface area contributed by atoms with Crippen molar-refractivity contribution in [2.24, 2.45) is 0 Å². The van der Waals surface area contributed by atoms with Gasteiger partial charge in [-0.1, -0.05) is 77.9 Å². The van der Waals surface area contributed by atoms with Gasteiger partial charge < -0.3 is 15.2 Å². The second-order valence-electron chi connectivity index (χ2n) is 11.2. The summed E-state index contributed by atoms with van der Waals surface area (Å²) in [6.45, 7) is 5.44. The molecule has 0 aliphatic carbocycles. The van der Waals surface area contributed by atoms with E-state index < -0.39 is 23.9 Å². The molecular weight excluding hydrogens is 552 g/mol. The normalized spacial score (nSPS) is 12.4. The fraction of sp³-hybridized carbons (Fsp3) is 0.194. The van der Waals surface area contributed by atoms with Crippen molar-refractivity contribution in [3.8, 4) is 11.1 Å². The van der Waals surface area contributed by atoms with E-state index in [0.717, 1.165) is 38.7 Å². The summed E-state index contributed by atoms with van der Waals surface area (Å²) in [5.74, 6) is -1.52. The largest absolute Gasteiger partial charge is 0.361 e. The predicted octanol–water partition coefficient (Wildman–Crippen LogP) is 6.06. The van der Waals surface area contributed by atoms with Crippen LogP contribution in [0, 0.1) is 13.8 Å². The highest BCUT2D eigenvalue weighted by Gasteiger charge is 2.31. The number of hydrogen-bond acceptors (Lipinski definition) is 4. The van der Waals surface area contributed by atoms with Gasteiger partial charge >= 0.3 is 0 Å². The average Bonchev–Trinajstić information content (AvgIpc) is 3.45. The molecular formula is C36H36N4O4. The molecule has 0 aliphatic rings. The highest BCUT2D eigenvalue weighted by Crippen LogP contribution is 2.24. The van der Waals surface area contributed by atoms with Crippen LogP contribution in [0.3, 0.4) is 0 Å². The maximum Gasteiger partial charge on any atom is 0.273 e. The van der Waals surface area contributed by atoms with Crippen LogP contribution in [0.1, 0.15) is 34.0 Å². The van der Waals surface area contributed by atoms with Crippen LogP contribution in [0.25, 0.3) is 22.0 Å². The summed E-state index contributed by atoms with van der Waals surface area (Å²) < 4.78 is 0. The van der Waals surface area contributed by atoms with Gasteiger partial charge in [-0.25, -0.2) is 0 Å². The number of hydrogen-bond donors (Lipinski definition) is 3. The van der Waals surface area contributed by atoms with Gasteiger partial charge in [0.15, 0.2) is 0 Å². The highest BCUT2D eigenvalue weighted by molar-refractivity contribution is 6.01. The van der Waals surface area contributed by atoms with Gasteiger partial charge in [0, 0.05) is 36.1 Å². The van der Waals surface area contributed by atoms with Crippen LogP contribution in [0.2, 0.25) is 0 Å². The van der Waals surface area contributed by atoms with Crippen LogP contribution in [-0.2, 0) is 16.0 Å². The maximum absolute atomic E-state index is 13.8. The number of carbonyl (C=O) groups is 3. The Balaban J connectivity index is 1.38. The first kappa shape index (κ1) is 30.3. The van der Waals surface area contributed by atoms with E-state index in [1.165, 1.54) is 4.90 Å². The third-order valence-electron chi connectivity index (χ3n) is 7.89. The molecule has 8 heteroatoms. The van der Waals surface area contributed by atoms with Crippen LogP contribution >= 0.6 is 0 Å². The smallest absolute Gasteiger partial charge is 0.273 e. The number of amides is 3. The number of aromatic nitrogens is 1. The Kier molecular flexibility index (Phi) is 8.92. The molecule has 1 aromatic heterocycles. The minimum Gasteiger partial charge on any atom is -0.361 e. The summed E-state index contributed by atoms with van der Waals surface area (Å²) in [4.78, 5) is 45.2. The molecule has 0 saturated carbocycles. The molecule has 3 N–H and O–H groups in total. The molecule has 0 radical (unpaired) electrons. The molecule has 5 aromatic rings. The van der Waals surface area contributed by atoms with E-state index in [4.69, 9.17) is 0 Å². The van der Waals surface area contributed by atoms with Gasteiger partial charge in [-0.15, -0.1) is 0 Å². The maximum atomic E-state index is 13.8. The molecule has 4 aromatic carbocycles. The Morgan fingerprint density at radius 2 is 1.45 bits per heavy atom. The SMILES string of the molecule is Cc1cc(C)cc(C(=O)N(C)[C@@H](C)C(=O)N[C@@H](Cc2c[nH]c3ccccc23)C(=O)N(O)c2ccc(-c3ccccc3)cc2)c1. The number of aromatic amines is 1. The monoisotopic (exact) mass is 588 g/mol. The summed E-state index contributed by atoms with van der Waals surface area (Å²) in [5.41, 5.74) is 6.28. The number of H-pyrrole nitrogens is 1. The number of carbonyl (C=O) groups excluding carboxylic acids is 3. The van der Waals surface area contributed by atoms with Gasteiger partial charge in [0.25, 0.3) is 11.8 Å². The molecule has 0 aliphatic heterocycles. The lowest BCUT2D eigenvalue weighted by atomic mass is 10.0. The molecule has 8 nitrogen and oxygen atoms in total. The van der Waals surface area contributed by atoms with Crippen molar-refractivity contribution in [1.82, 2.24) is 15.2 Å². The zero-order valence-corrected chi connectivity index (χ0v) is 25.2. The molecule has 3 amide bonds. The van der Waals surface area contributed by atoms with Crippen molar-refractivity contribution in [1.29, 1.82) is 0 Å². The van der Waals surface area contributed by atoms with Crippen LogP contribution in [0.15, 0.2) is 103 Å². The van der Waals surface area contributed by atoms with E-state index >= 15 is 0 Å². The lowest BCUT2D eigenvalue weighted by molar-refractivity contribution is -0.132. The van der Waals surface area contributed by atoms with Crippen LogP contribution in [0.5, 0.6) is 0 Å². The fourth-order valence-corrected chi connectivity index (χ4v) is 5.37. The summed E-state index contributed by atoms with van der Waals surface area (Å²) in [6, 6.07) is 27.9. The third kappa shape index (κ3) is 6.55. The van der Waals surface area contributed by atoms with E-state index in [0.29, 0.717) is 10.6 Å². The molecule has 1 heterocycles. The number of para-hydroxylation sites is 1. The molecule has 0 saturated heterocycles. The number of fused-ring (bicyclic) bond motifs is 1. The van der Waals surface area contributed by atoms with Gasteiger partial charge in [0.2, 0.25) is 5.91 Å². The Morgan fingerprint density at radius 1 is 0.841 bits per heavy atom. The van der Waals surface area contributed by atoms with Crippen molar-refractivity contribution in [3.63, 3.8) is 0 Å². The molecule has 2 atom stereocenters. The van der Waals surface area contributed by atoms with E-state index in [2.05, 4.69) is 10.3 Å². The zero-order chi connectivity index (χ0) is 31.4. The van der Waals surface area contributed by atoms with Crippen molar-refractivity contribution in [3.05, 3.63) is 126 Å². The minimum atomic E-state index is -1.12. The number of benzene rings is 4. The first-order valence-corrected chi connectivity index (χ1v) is 14.5. The lowest BCUT2D eigenvalue weighted by Gasteiger charge is -2.28. The number of likely N-dealkylation sites (N-methyl/N-ethyl adjacent to an activating group) is 1. The van der Waals surface area contributed by atoms with Gasteiger partial charge in [-0.2, -0.15) is 5.06 Å². The van der Waals surface area contributed by atoms with Crippen LogP contribution < -0.4 is 10.4 Å². The predicted molar refractivity (Wildman–Crippen MR) is 173 cm³/mol. The summed E-state index contributed by atoms with van der Waals surface area (Å²) in [6.07, 6.45) is 1.92.